The first-order valence-electron chi connectivity index (χ1n) is 18.9. The van der Waals surface area contributed by atoms with Crippen LogP contribution < -0.4 is 14.9 Å². The molecule has 2 aliphatic heterocycles. The summed E-state index contributed by atoms with van der Waals surface area (Å²) in [5, 5.41) is 25.2. The minimum Gasteiger partial charge on any atom is -0.390 e. The average molecular weight is 748 g/mol. The first kappa shape index (κ1) is 38.7. The number of hydrogen-bond donors (Lipinski definition) is 3. The zero-order valence-electron chi connectivity index (χ0n) is 31.0. The summed E-state index contributed by atoms with van der Waals surface area (Å²) in [4.78, 5) is 28.8. The van der Waals surface area contributed by atoms with Gasteiger partial charge in [0.25, 0.3) is 21.6 Å². The Balaban J connectivity index is 1.02. The first-order chi connectivity index (χ1) is 25.3. The highest BCUT2D eigenvalue weighted by atomic mass is 32.2. The van der Waals surface area contributed by atoms with Gasteiger partial charge in [0.2, 0.25) is 0 Å². The Kier molecular flexibility index (Phi) is 12.1. The molecule has 12 nitrogen and oxygen atoms in total. The number of benzene rings is 3. The molecule has 3 aromatic carbocycles. The fourth-order valence-electron chi connectivity index (χ4n) is 7.99. The summed E-state index contributed by atoms with van der Waals surface area (Å²) in [5.41, 5.74) is 3.02. The largest absolute Gasteiger partial charge is 0.390 e. The summed E-state index contributed by atoms with van der Waals surface area (Å²) in [6.07, 6.45) is 4.98. The molecule has 0 aromatic heterocycles. The van der Waals surface area contributed by atoms with E-state index < -0.39 is 32.1 Å². The topological polar surface area (TPSA) is 154 Å². The monoisotopic (exact) mass is 747 g/mol. The second-order valence-electron chi connectivity index (χ2n) is 15.5. The molecule has 3 aliphatic rings. The molecule has 2 saturated heterocycles. The Labute approximate surface area is 313 Å². The van der Waals surface area contributed by atoms with Gasteiger partial charge in [-0.1, -0.05) is 38.1 Å². The molecule has 1 saturated carbocycles. The maximum atomic E-state index is 13.2. The summed E-state index contributed by atoms with van der Waals surface area (Å²) >= 11 is 0. The summed E-state index contributed by atoms with van der Waals surface area (Å²) in [6.45, 7) is 11.9. The fraction of sp³-hybridized carbons (Fsp3) is 0.525. The summed E-state index contributed by atoms with van der Waals surface area (Å²) in [7, 11) is -4.39. The number of nitrogens with zero attached hydrogens (tertiary/aromatic N) is 3. The number of carbonyl (C=O) groups is 1. The van der Waals surface area contributed by atoms with Crippen LogP contribution >= 0.6 is 0 Å². The van der Waals surface area contributed by atoms with Crippen molar-refractivity contribution in [3.8, 4) is 0 Å². The van der Waals surface area contributed by atoms with Gasteiger partial charge in [-0.05, 0) is 111 Å². The third kappa shape index (κ3) is 9.56. The molecule has 0 unspecified atom stereocenters. The first-order valence-corrected chi connectivity index (χ1v) is 20.4. The second-order valence-corrected chi connectivity index (χ2v) is 17.2. The lowest BCUT2D eigenvalue weighted by atomic mass is 9.80. The molecule has 2 heterocycles. The minimum absolute atomic E-state index is 0.173. The van der Waals surface area contributed by atoms with E-state index in [4.69, 9.17) is 4.74 Å². The molecule has 0 radical (unpaired) electrons. The smallest absolute Gasteiger partial charge is 0.293 e. The van der Waals surface area contributed by atoms with Crippen LogP contribution in [0, 0.1) is 22.0 Å². The van der Waals surface area contributed by atoms with Crippen LogP contribution in [-0.2, 0) is 14.8 Å². The van der Waals surface area contributed by atoms with E-state index in [0.717, 1.165) is 70.2 Å². The molecule has 3 fully saturated rings. The van der Waals surface area contributed by atoms with Crippen molar-refractivity contribution in [1.82, 2.24) is 9.62 Å². The number of nitrogens with one attached hydrogen (secondary N) is 2. The van der Waals surface area contributed by atoms with Gasteiger partial charge in [-0.3, -0.25) is 19.8 Å². The molecule has 1 aliphatic carbocycles. The highest BCUT2D eigenvalue weighted by Crippen LogP contribution is 2.35. The lowest BCUT2D eigenvalue weighted by Crippen LogP contribution is -2.45. The van der Waals surface area contributed by atoms with Crippen molar-refractivity contribution in [1.29, 1.82) is 0 Å². The van der Waals surface area contributed by atoms with Crippen molar-refractivity contribution in [2.24, 2.45) is 11.8 Å². The summed E-state index contributed by atoms with van der Waals surface area (Å²) in [5.74, 6) is 0.433. The third-order valence-electron chi connectivity index (χ3n) is 11.3. The van der Waals surface area contributed by atoms with Crippen LogP contribution in [0.25, 0.3) is 0 Å². The van der Waals surface area contributed by atoms with Crippen molar-refractivity contribution in [2.45, 2.75) is 81.8 Å². The molecular formula is C40H53N5O7S. The lowest BCUT2D eigenvalue weighted by molar-refractivity contribution is -0.384. The predicted molar refractivity (Wildman–Crippen MR) is 206 cm³/mol. The number of carbonyl (C=O) groups excluding carboxylic acids is 1. The van der Waals surface area contributed by atoms with Crippen molar-refractivity contribution in [3.05, 3.63) is 93.5 Å². The maximum absolute atomic E-state index is 13.2. The number of amides is 1. The molecular weight excluding hydrogens is 695 g/mol. The van der Waals surface area contributed by atoms with E-state index in [1.807, 2.05) is 19.1 Å². The van der Waals surface area contributed by atoms with Gasteiger partial charge < -0.3 is 20.1 Å². The van der Waals surface area contributed by atoms with E-state index in [1.165, 1.54) is 23.3 Å². The molecule has 286 valence electrons. The van der Waals surface area contributed by atoms with Crippen LogP contribution in [0.3, 0.4) is 0 Å². The molecule has 3 N–H and O–H groups in total. The van der Waals surface area contributed by atoms with Crippen molar-refractivity contribution < 1.29 is 28.0 Å². The van der Waals surface area contributed by atoms with E-state index in [9.17, 15) is 28.4 Å². The Morgan fingerprint density at radius 2 is 1.70 bits per heavy atom. The molecule has 13 heteroatoms. The van der Waals surface area contributed by atoms with Crippen molar-refractivity contribution >= 4 is 33.0 Å². The minimum atomic E-state index is -4.39. The van der Waals surface area contributed by atoms with E-state index in [1.54, 1.807) is 12.1 Å². The van der Waals surface area contributed by atoms with E-state index in [-0.39, 0.29) is 28.1 Å². The van der Waals surface area contributed by atoms with Gasteiger partial charge in [-0.15, -0.1) is 0 Å². The van der Waals surface area contributed by atoms with E-state index >= 15 is 0 Å². The number of ether oxygens (including phenoxy) is 1. The highest BCUT2D eigenvalue weighted by Gasteiger charge is 2.32. The van der Waals surface area contributed by atoms with Gasteiger partial charge in [0.1, 0.15) is 5.69 Å². The standard InChI is InChI=1S/C40H53N5O7S/c1-28(2)34-6-4-5-7-35(34)38-27-52-23-22-44(38)26-30-16-20-43(21-17-30)32-10-8-31(9-11-32)39(46)42-53(50,51)33-12-13-36(37(24-33)45(48)49)41-25-29-14-18-40(3,47)19-15-29/h4-13,24,28-30,38,41,47H,14-23,25-27H2,1-3H3,(H,42,46)/t29?,38-,40?/m0/s1. The van der Waals surface area contributed by atoms with Crippen molar-refractivity contribution in [2.75, 3.05) is 56.2 Å². The number of piperidine rings is 1. The number of hydrogen-bond acceptors (Lipinski definition) is 10. The van der Waals surface area contributed by atoms with Gasteiger partial charge in [-0.25, -0.2) is 13.1 Å². The van der Waals surface area contributed by atoms with Gasteiger partial charge >= 0.3 is 0 Å². The zero-order chi connectivity index (χ0) is 37.8. The number of aliphatic hydroxyl groups is 1. The van der Waals surface area contributed by atoms with Crippen LogP contribution in [0.1, 0.15) is 92.7 Å². The number of nitro benzene ring substituents is 1. The quantitative estimate of drug-likeness (QED) is 0.139. The summed E-state index contributed by atoms with van der Waals surface area (Å²) < 4.78 is 34.4. The van der Waals surface area contributed by atoms with Crippen LogP contribution in [0.2, 0.25) is 0 Å². The molecule has 6 rings (SSSR count). The van der Waals surface area contributed by atoms with Crippen molar-refractivity contribution in [3.63, 3.8) is 0 Å². The average Bonchev–Trinajstić information content (AvgIpc) is 3.14. The third-order valence-corrected chi connectivity index (χ3v) is 12.6. The fourth-order valence-corrected chi connectivity index (χ4v) is 8.98. The number of morpholine rings is 1. The molecule has 53 heavy (non-hydrogen) atoms. The zero-order valence-corrected chi connectivity index (χ0v) is 31.8. The van der Waals surface area contributed by atoms with Gasteiger partial charge in [-0.2, -0.15) is 0 Å². The molecule has 3 aromatic rings. The Morgan fingerprint density at radius 1 is 1.00 bits per heavy atom. The molecule has 0 spiro atoms. The highest BCUT2D eigenvalue weighted by molar-refractivity contribution is 7.90. The van der Waals surface area contributed by atoms with E-state index in [2.05, 4.69) is 58.0 Å². The molecule has 0 bridgehead atoms. The van der Waals surface area contributed by atoms with Crippen LogP contribution in [0.4, 0.5) is 17.1 Å². The number of nitro groups is 1. The number of sulfonamides is 1. The molecule has 1 atom stereocenters. The maximum Gasteiger partial charge on any atom is 0.293 e. The second kappa shape index (κ2) is 16.5. The van der Waals surface area contributed by atoms with Gasteiger partial charge in [0, 0.05) is 50.0 Å². The van der Waals surface area contributed by atoms with Crippen LogP contribution in [0.15, 0.2) is 71.6 Å². The number of rotatable bonds is 12. The predicted octanol–water partition coefficient (Wildman–Crippen LogP) is 6.48. The van der Waals surface area contributed by atoms with Crippen LogP contribution in [0.5, 0.6) is 0 Å². The lowest BCUT2D eigenvalue weighted by Gasteiger charge is -2.41. The Morgan fingerprint density at radius 3 is 2.38 bits per heavy atom. The Hall–Kier alpha value is -4.04. The van der Waals surface area contributed by atoms with Gasteiger partial charge in [0.05, 0.1) is 34.7 Å². The summed E-state index contributed by atoms with van der Waals surface area (Å²) in [6, 6.07) is 19.5. The normalized spacial score (nSPS) is 23.2. The van der Waals surface area contributed by atoms with E-state index in [0.29, 0.717) is 37.8 Å². The molecule has 1 amide bonds. The Bertz CT molecular complexity index is 1850. The van der Waals surface area contributed by atoms with Gasteiger partial charge in [0.15, 0.2) is 0 Å². The SMILES string of the molecule is CC(C)c1ccccc1[C@@H]1COCCN1CC1CCN(c2ccc(C(=O)NS(=O)(=O)c3ccc(NCC4CCC(C)(O)CC4)c([N+](=O)[O-])c3)cc2)CC1. The van der Waals surface area contributed by atoms with Crippen LogP contribution in [-0.4, -0.2) is 80.8 Å². The number of anilines is 2.